The Bertz CT molecular complexity index is 447. The summed E-state index contributed by atoms with van der Waals surface area (Å²) < 4.78 is 5.35. The van der Waals surface area contributed by atoms with Gasteiger partial charge >= 0.3 is 0 Å². The molecule has 0 N–H and O–H groups in total. The lowest BCUT2D eigenvalue weighted by Crippen LogP contribution is -2.36. The fourth-order valence-electron chi connectivity index (χ4n) is 1.21. The molecule has 2 aromatic heterocycles. The van der Waals surface area contributed by atoms with Crippen molar-refractivity contribution < 1.29 is 4.52 Å². The lowest BCUT2D eigenvalue weighted by molar-refractivity contribution is 0.446. The van der Waals surface area contributed by atoms with Gasteiger partial charge in [-0.1, -0.05) is 24.8 Å². The summed E-state index contributed by atoms with van der Waals surface area (Å²) in [5, 5.41) is 12.6. The molecule has 0 spiro atoms. The molecular weight excluding hydrogens is 206 g/mol. The molecular formula is C10H13N3OSi. The van der Waals surface area contributed by atoms with Gasteiger partial charge in [-0.05, 0) is 6.07 Å². The minimum Gasteiger partial charge on any atom is -0.366 e. The molecule has 15 heavy (non-hydrogen) atoms. The van der Waals surface area contributed by atoms with Crippen molar-refractivity contribution in [1.29, 1.82) is 0 Å². The molecule has 4 nitrogen and oxygen atoms in total. The fraction of sp³-hybridized carbons (Fsp3) is 0.300. The van der Waals surface area contributed by atoms with Crippen LogP contribution in [0.15, 0.2) is 29.0 Å². The van der Waals surface area contributed by atoms with E-state index in [0.29, 0.717) is 0 Å². The standard InChI is InChI=1S/C10H13N3OSi/c1-15(2,3)10-6-9(13-14-10)8-4-5-11-12-7-8/h4-7H,1-3H3. The fourth-order valence-corrected chi connectivity index (χ4v) is 2.10. The van der Waals surface area contributed by atoms with E-state index < -0.39 is 8.07 Å². The predicted molar refractivity (Wildman–Crippen MR) is 60.5 cm³/mol. The minimum absolute atomic E-state index is 0.835. The van der Waals surface area contributed by atoms with Gasteiger partial charge < -0.3 is 4.52 Å². The van der Waals surface area contributed by atoms with Crippen molar-refractivity contribution in [3.05, 3.63) is 24.5 Å². The van der Waals surface area contributed by atoms with E-state index in [1.807, 2.05) is 12.1 Å². The summed E-state index contributed by atoms with van der Waals surface area (Å²) in [5.74, 6) is 0. The molecule has 2 aromatic rings. The monoisotopic (exact) mass is 219 g/mol. The van der Waals surface area contributed by atoms with Crippen LogP contribution in [0.1, 0.15) is 0 Å². The van der Waals surface area contributed by atoms with E-state index in [9.17, 15) is 0 Å². The van der Waals surface area contributed by atoms with E-state index in [0.717, 1.165) is 16.6 Å². The van der Waals surface area contributed by atoms with Crippen molar-refractivity contribution >= 4 is 13.5 Å². The molecule has 0 radical (unpaired) electrons. The van der Waals surface area contributed by atoms with Gasteiger partial charge in [0.25, 0.3) is 0 Å². The highest BCUT2D eigenvalue weighted by molar-refractivity contribution is 6.87. The maximum atomic E-state index is 5.35. The average molecular weight is 219 g/mol. The van der Waals surface area contributed by atoms with Crippen LogP contribution in [0.25, 0.3) is 11.3 Å². The van der Waals surface area contributed by atoms with Crippen LogP contribution in [-0.4, -0.2) is 23.4 Å². The number of nitrogens with zero attached hydrogens (tertiary/aromatic N) is 3. The van der Waals surface area contributed by atoms with Crippen molar-refractivity contribution in [2.45, 2.75) is 19.6 Å². The SMILES string of the molecule is C[Si](C)(C)c1cc(-c2ccnnc2)no1. The third kappa shape index (κ3) is 2.12. The van der Waals surface area contributed by atoms with E-state index >= 15 is 0 Å². The van der Waals surface area contributed by atoms with Gasteiger partial charge in [0, 0.05) is 11.6 Å². The number of hydrogen-bond donors (Lipinski definition) is 0. The smallest absolute Gasteiger partial charge is 0.127 e. The number of aromatic nitrogens is 3. The summed E-state index contributed by atoms with van der Waals surface area (Å²) in [4.78, 5) is 0. The molecule has 0 saturated heterocycles. The zero-order chi connectivity index (χ0) is 10.9. The van der Waals surface area contributed by atoms with Gasteiger partial charge in [0.05, 0.1) is 12.4 Å². The first-order valence-corrected chi connectivity index (χ1v) is 8.31. The van der Waals surface area contributed by atoms with Crippen LogP contribution in [0.3, 0.4) is 0 Å². The van der Waals surface area contributed by atoms with Gasteiger partial charge in [-0.15, -0.1) is 0 Å². The molecule has 0 bridgehead atoms. The lowest BCUT2D eigenvalue weighted by atomic mass is 10.2. The lowest BCUT2D eigenvalue weighted by Gasteiger charge is -2.08. The van der Waals surface area contributed by atoms with Gasteiger partial charge in [0.15, 0.2) is 0 Å². The van der Waals surface area contributed by atoms with Gasteiger partial charge in [-0.2, -0.15) is 10.2 Å². The largest absolute Gasteiger partial charge is 0.366 e. The van der Waals surface area contributed by atoms with Crippen LogP contribution in [-0.2, 0) is 0 Å². The highest BCUT2D eigenvalue weighted by Crippen LogP contribution is 2.15. The Hall–Kier alpha value is -1.49. The molecule has 2 rings (SSSR count). The number of rotatable bonds is 2. The third-order valence-corrected chi connectivity index (χ3v) is 3.84. The first kappa shape index (κ1) is 10.0. The topological polar surface area (TPSA) is 51.8 Å². The quantitative estimate of drug-likeness (QED) is 0.721. The van der Waals surface area contributed by atoms with Crippen molar-refractivity contribution in [1.82, 2.24) is 15.4 Å². The van der Waals surface area contributed by atoms with E-state index in [2.05, 4.69) is 35.0 Å². The predicted octanol–water partition coefficient (Wildman–Crippen LogP) is 1.68. The Morgan fingerprint density at radius 1 is 1.20 bits per heavy atom. The van der Waals surface area contributed by atoms with Crippen molar-refractivity contribution in [2.75, 3.05) is 0 Å². The van der Waals surface area contributed by atoms with Crippen LogP contribution in [0.5, 0.6) is 0 Å². The second-order valence-corrected chi connectivity index (χ2v) is 9.45. The third-order valence-electron chi connectivity index (χ3n) is 2.13. The van der Waals surface area contributed by atoms with E-state index in [1.165, 1.54) is 0 Å². The zero-order valence-electron chi connectivity index (χ0n) is 9.06. The molecule has 2 heterocycles. The Balaban J connectivity index is 2.37. The first-order valence-electron chi connectivity index (χ1n) is 4.81. The molecule has 0 atom stereocenters. The van der Waals surface area contributed by atoms with Gasteiger partial charge in [0.1, 0.15) is 19.2 Å². The van der Waals surface area contributed by atoms with Crippen molar-refractivity contribution in [3.63, 3.8) is 0 Å². The zero-order valence-corrected chi connectivity index (χ0v) is 10.1. The van der Waals surface area contributed by atoms with E-state index in [-0.39, 0.29) is 0 Å². The highest BCUT2D eigenvalue weighted by atomic mass is 28.3. The molecule has 78 valence electrons. The molecule has 0 aromatic carbocycles. The Morgan fingerprint density at radius 2 is 2.00 bits per heavy atom. The summed E-state index contributed by atoms with van der Waals surface area (Å²) in [6.07, 6.45) is 3.34. The normalized spacial score (nSPS) is 11.7. The summed E-state index contributed by atoms with van der Waals surface area (Å²) in [6, 6.07) is 3.88. The Morgan fingerprint density at radius 3 is 2.53 bits per heavy atom. The van der Waals surface area contributed by atoms with Crippen molar-refractivity contribution in [3.8, 4) is 11.3 Å². The highest BCUT2D eigenvalue weighted by Gasteiger charge is 2.22. The first-order chi connectivity index (χ1) is 7.07. The summed E-state index contributed by atoms with van der Waals surface area (Å²) >= 11 is 0. The molecule has 0 amide bonds. The van der Waals surface area contributed by atoms with Crippen molar-refractivity contribution in [2.24, 2.45) is 0 Å². The summed E-state index contributed by atoms with van der Waals surface area (Å²) in [7, 11) is -1.41. The maximum Gasteiger partial charge on any atom is 0.127 e. The van der Waals surface area contributed by atoms with Crippen LogP contribution < -0.4 is 5.38 Å². The van der Waals surface area contributed by atoms with Gasteiger partial charge in [-0.3, -0.25) is 0 Å². The summed E-state index contributed by atoms with van der Waals surface area (Å²) in [6.45, 7) is 6.67. The van der Waals surface area contributed by atoms with E-state index in [1.54, 1.807) is 12.4 Å². The molecule has 0 aliphatic heterocycles. The Kier molecular flexibility index (Phi) is 2.40. The summed E-state index contributed by atoms with van der Waals surface area (Å²) in [5.41, 5.74) is 1.78. The Labute approximate surface area is 89.3 Å². The van der Waals surface area contributed by atoms with Crippen LogP contribution in [0.4, 0.5) is 0 Å². The second-order valence-electron chi connectivity index (χ2n) is 4.46. The van der Waals surface area contributed by atoms with Crippen LogP contribution in [0.2, 0.25) is 19.6 Å². The molecule has 0 fully saturated rings. The molecule has 0 aliphatic rings. The molecule has 0 unspecified atom stereocenters. The minimum atomic E-state index is -1.41. The molecule has 5 heteroatoms. The van der Waals surface area contributed by atoms with Gasteiger partial charge in [-0.25, -0.2) is 0 Å². The second kappa shape index (κ2) is 3.58. The average Bonchev–Trinajstić information content (AvgIpc) is 2.67. The van der Waals surface area contributed by atoms with Crippen LogP contribution >= 0.6 is 0 Å². The van der Waals surface area contributed by atoms with Gasteiger partial charge in [0.2, 0.25) is 0 Å². The number of hydrogen-bond acceptors (Lipinski definition) is 4. The molecule has 0 aliphatic carbocycles. The maximum absolute atomic E-state index is 5.35. The molecule has 0 saturated carbocycles. The van der Waals surface area contributed by atoms with E-state index in [4.69, 9.17) is 4.52 Å². The van der Waals surface area contributed by atoms with Crippen LogP contribution in [0, 0.1) is 0 Å².